The van der Waals surface area contributed by atoms with Gasteiger partial charge in [-0.05, 0) is 31.0 Å². The van der Waals surface area contributed by atoms with E-state index < -0.39 is 0 Å². The summed E-state index contributed by atoms with van der Waals surface area (Å²) in [5.41, 5.74) is 1.85. The van der Waals surface area contributed by atoms with Gasteiger partial charge >= 0.3 is 0 Å². The number of hydrogen-bond donors (Lipinski definition) is 1. The molecule has 1 fully saturated rings. The zero-order valence-electron chi connectivity index (χ0n) is 13.8. The summed E-state index contributed by atoms with van der Waals surface area (Å²) in [7, 11) is 0. The molecule has 0 unspecified atom stereocenters. The molecule has 3 rings (SSSR count). The normalized spacial score (nSPS) is 15.5. The summed E-state index contributed by atoms with van der Waals surface area (Å²) in [6, 6.07) is 7.71. The molecule has 126 valence electrons. The van der Waals surface area contributed by atoms with E-state index in [1.165, 1.54) is 0 Å². The second-order valence-electron chi connectivity index (χ2n) is 6.22. The van der Waals surface area contributed by atoms with Crippen LogP contribution in [-0.2, 0) is 22.6 Å². The number of nitrogens with one attached hydrogen (secondary N) is 1. The fraction of sp³-hybridized carbons (Fsp3) is 0.389. The maximum Gasteiger partial charge on any atom is 0.227 e. The van der Waals surface area contributed by atoms with Crippen molar-refractivity contribution < 1.29 is 9.59 Å². The minimum absolute atomic E-state index is 0.00684. The number of carbonyl (C=O) groups is 2. The Hall–Kier alpha value is -2.63. The van der Waals surface area contributed by atoms with Crippen LogP contribution in [0.5, 0.6) is 0 Å². The molecular weight excluding hydrogens is 304 g/mol. The number of rotatable bonds is 6. The van der Waals surface area contributed by atoms with E-state index in [-0.39, 0.29) is 17.9 Å². The molecule has 2 amide bonds. The first kappa shape index (κ1) is 16.2. The molecule has 2 aromatic rings. The lowest BCUT2D eigenvalue weighted by atomic mass is 10.1. The quantitative estimate of drug-likeness (QED) is 0.879. The topological polar surface area (TPSA) is 67.2 Å². The van der Waals surface area contributed by atoms with Gasteiger partial charge in [-0.15, -0.1) is 0 Å². The van der Waals surface area contributed by atoms with Gasteiger partial charge in [0.25, 0.3) is 0 Å². The molecule has 6 heteroatoms. The van der Waals surface area contributed by atoms with Gasteiger partial charge in [-0.2, -0.15) is 0 Å². The van der Waals surface area contributed by atoms with Gasteiger partial charge in [0.1, 0.15) is 0 Å². The third-order valence-electron chi connectivity index (χ3n) is 4.14. The first-order valence-electron chi connectivity index (χ1n) is 8.26. The molecule has 1 aromatic heterocycles. The lowest BCUT2D eigenvalue weighted by molar-refractivity contribution is -0.121. The lowest BCUT2D eigenvalue weighted by Gasteiger charge is -2.16. The molecule has 2 heterocycles. The Labute approximate surface area is 141 Å². The van der Waals surface area contributed by atoms with Gasteiger partial charge < -0.3 is 14.8 Å². The predicted molar refractivity (Wildman–Crippen MR) is 91.6 cm³/mol. The van der Waals surface area contributed by atoms with Crippen LogP contribution in [0.15, 0.2) is 43.0 Å². The standard InChI is InChI=1S/C18H22N4O2/c1-14(12-21-10-8-19-13-21)20-17(23)11-15-4-6-16(7-5-15)22-9-2-3-18(22)24/h4-8,10,13-14H,2-3,9,11-12H2,1H3,(H,20,23)/t14-/m1/s1. The molecule has 0 bridgehead atoms. The summed E-state index contributed by atoms with van der Waals surface area (Å²) < 4.78 is 1.94. The second kappa shape index (κ2) is 7.29. The van der Waals surface area contributed by atoms with E-state index in [2.05, 4.69) is 10.3 Å². The van der Waals surface area contributed by atoms with E-state index in [0.29, 0.717) is 19.4 Å². The van der Waals surface area contributed by atoms with Crippen LogP contribution in [0.3, 0.4) is 0 Å². The van der Waals surface area contributed by atoms with Crippen molar-refractivity contribution in [2.24, 2.45) is 0 Å². The highest BCUT2D eigenvalue weighted by Gasteiger charge is 2.21. The van der Waals surface area contributed by atoms with Gasteiger partial charge in [0.2, 0.25) is 11.8 Å². The fourth-order valence-corrected chi connectivity index (χ4v) is 2.98. The number of carbonyl (C=O) groups excluding carboxylic acids is 2. The summed E-state index contributed by atoms with van der Waals surface area (Å²) in [6.07, 6.45) is 7.21. The van der Waals surface area contributed by atoms with Gasteiger partial charge in [-0.3, -0.25) is 9.59 Å². The Balaban J connectivity index is 1.51. The van der Waals surface area contributed by atoms with Crippen molar-refractivity contribution in [3.8, 4) is 0 Å². The highest BCUT2D eigenvalue weighted by Crippen LogP contribution is 2.21. The van der Waals surface area contributed by atoms with Crippen LogP contribution in [0.2, 0.25) is 0 Å². The molecule has 1 aromatic carbocycles. The number of anilines is 1. The number of imidazole rings is 1. The van der Waals surface area contributed by atoms with E-state index in [0.717, 1.165) is 24.2 Å². The Morgan fingerprint density at radius 2 is 2.12 bits per heavy atom. The first-order chi connectivity index (χ1) is 11.6. The Bertz CT molecular complexity index is 694. The van der Waals surface area contributed by atoms with Crippen molar-refractivity contribution in [1.29, 1.82) is 0 Å². The second-order valence-corrected chi connectivity index (χ2v) is 6.22. The Kier molecular flexibility index (Phi) is 4.93. The number of aromatic nitrogens is 2. The summed E-state index contributed by atoms with van der Waals surface area (Å²) in [6.45, 7) is 3.45. The van der Waals surface area contributed by atoms with Gasteiger partial charge in [-0.25, -0.2) is 4.98 Å². The molecule has 1 N–H and O–H groups in total. The van der Waals surface area contributed by atoms with Crippen molar-refractivity contribution in [2.75, 3.05) is 11.4 Å². The van der Waals surface area contributed by atoms with Crippen LogP contribution in [0.25, 0.3) is 0 Å². The largest absolute Gasteiger partial charge is 0.352 e. The monoisotopic (exact) mass is 326 g/mol. The van der Waals surface area contributed by atoms with Gasteiger partial charge in [0.15, 0.2) is 0 Å². The third-order valence-corrected chi connectivity index (χ3v) is 4.14. The van der Waals surface area contributed by atoms with Gasteiger partial charge in [0, 0.05) is 43.6 Å². The molecule has 1 atom stereocenters. The fourth-order valence-electron chi connectivity index (χ4n) is 2.98. The molecule has 1 aliphatic heterocycles. The van der Waals surface area contributed by atoms with Crippen LogP contribution in [0.1, 0.15) is 25.3 Å². The number of amides is 2. The minimum Gasteiger partial charge on any atom is -0.352 e. The molecule has 0 radical (unpaired) electrons. The molecule has 6 nitrogen and oxygen atoms in total. The molecule has 0 saturated carbocycles. The van der Waals surface area contributed by atoms with E-state index >= 15 is 0 Å². The van der Waals surface area contributed by atoms with Crippen molar-refractivity contribution in [3.05, 3.63) is 48.5 Å². The van der Waals surface area contributed by atoms with Crippen molar-refractivity contribution >= 4 is 17.5 Å². The van der Waals surface area contributed by atoms with Gasteiger partial charge in [-0.1, -0.05) is 12.1 Å². The predicted octanol–water partition coefficient (Wildman–Crippen LogP) is 1.76. The minimum atomic E-state index is -0.00684. The van der Waals surface area contributed by atoms with Crippen LogP contribution in [-0.4, -0.2) is 34.0 Å². The number of nitrogens with zero attached hydrogens (tertiary/aromatic N) is 3. The zero-order chi connectivity index (χ0) is 16.9. The van der Waals surface area contributed by atoms with Crippen LogP contribution in [0, 0.1) is 0 Å². The maximum absolute atomic E-state index is 12.1. The maximum atomic E-state index is 12.1. The number of benzene rings is 1. The van der Waals surface area contributed by atoms with Crippen molar-refractivity contribution in [2.45, 2.75) is 38.8 Å². The lowest BCUT2D eigenvalue weighted by Crippen LogP contribution is -2.36. The smallest absolute Gasteiger partial charge is 0.227 e. The Morgan fingerprint density at radius 3 is 2.75 bits per heavy atom. The van der Waals surface area contributed by atoms with E-state index in [4.69, 9.17) is 0 Å². The van der Waals surface area contributed by atoms with Crippen molar-refractivity contribution in [3.63, 3.8) is 0 Å². The molecule has 0 spiro atoms. The average molecular weight is 326 g/mol. The van der Waals surface area contributed by atoms with Crippen LogP contribution < -0.4 is 10.2 Å². The first-order valence-corrected chi connectivity index (χ1v) is 8.26. The Morgan fingerprint density at radius 1 is 1.33 bits per heavy atom. The highest BCUT2D eigenvalue weighted by atomic mass is 16.2. The third kappa shape index (κ3) is 4.01. The number of hydrogen-bond acceptors (Lipinski definition) is 3. The zero-order valence-corrected chi connectivity index (χ0v) is 13.8. The summed E-state index contributed by atoms with van der Waals surface area (Å²) in [5.74, 6) is 0.168. The molecule has 0 aliphatic carbocycles. The van der Waals surface area contributed by atoms with Crippen molar-refractivity contribution in [1.82, 2.24) is 14.9 Å². The average Bonchev–Trinajstić information content (AvgIpc) is 3.19. The van der Waals surface area contributed by atoms with E-state index in [9.17, 15) is 9.59 Å². The van der Waals surface area contributed by atoms with E-state index in [1.807, 2.05) is 42.0 Å². The summed E-state index contributed by atoms with van der Waals surface area (Å²) in [5, 5.41) is 2.99. The SMILES string of the molecule is C[C@H](Cn1ccnc1)NC(=O)Cc1ccc(N2CCCC2=O)cc1. The summed E-state index contributed by atoms with van der Waals surface area (Å²) >= 11 is 0. The molecule has 1 saturated heterocycles. The van der Waals surface area contributed by atoms with Crippen LogP contribution >= 0.6 is 0 Å². The van der Waals surface area contributed by atoms with Crippen LogP contribution in [0.4, 0.5) is 5.69 Å². The van der Waals surface area contributed by atoms with Gasteiger partial charge in [0.05, 0.1) is 12.7 Å². The van der Waals surface area contributed by atoms with E-state index in [1.54, 1.807) is 17.4 Å². The molecule has 1 aliphatic rings. The summed E-state index contributed by atoms with van der Waals surface area (Å²) in [4.78, 5) is 29.7. The molecular formula is C18H22N4O2. The highest BCUT2D eigenvalue weighted by molar-refractivity contribution is 5.95. The molecule has 24 heavy (non-hydrogen) atoms.